The van der Waals surface area contributed by atoms with Gasteiger partial charge in [0.2, 0.25) is 0 Å². The molecule has 2 N–H and O–H groups in total. The molecule has 2 fully saturated rings. The summed E-state index contributed by atoms with van der Waals surface area (Å²) in [5.41, 5.74) is 2.66. The van der Waals surface area contributed by atoms with Crippen LogP contribution in [0.4, 0.5) is 47.3 Å². The predicted molar refractivity (Wildman–Crippen MR) is 287 cm³/mol. The molecule has 0 aliphatic carbocycles. The number of azide groups is 1. The Balaban J connectivity index is 0.000000342. The average molecular weight is 1260 g/mol. The van der Waals surface area contributed by atoms with Crippen molar-refractivity contribution in [2.75, 3.05) is 40.4 Å². The Bertz CT molecular complexity index is 3320. The fourth-order valence-electron chi connectivity index (χ4n) is 7.91. The Hall–Kier alpha value is -7.27. The van der Waals surface area contributed by atoms with E-state index in [1.54, 1.807) is 34.0 Å². The molecule has 2 aliphatic heterocycles. The Labute approximate surface area is 484 Å². The number of alkyl halides is 6. The number of carbonyl (C=O) groups excluding carboxylic acids is 4. The van der Waals surface area contributed by atoms with E-state index in [1.807, 2.05) is 101 Å². The zero-order valence-corrected chi connectivity index (χ0v) is 48.4. The van der Waals surface area contributed by atoms with E-state index in [9.17, 15) is 45.5 Å². The Morgan fingerprint density at radius 2 is 1.10 bits per heavy atom. The standard InChI is InChI=1S/C25H29N5O4.C25H29N3O4.2CHF3O3S.Cu/c1-25(2,3)34-24(32)30-14-6-8-19(16-30)17-10-12-20(13-11-17)27-15-18-7-5-9-21(23(31)33-4)22(18)28-29-26;1-25(2,3)32-24(30)27-14-6-8-18(15-27)17-10-12-20(13-11-17)28-16-19-7-5-9-21(22(19)26-28)23(29)31-4;2*2-1(3,4)8(5,6)7;/h5,7,9-13,15,19H,6,8,14,16H2,1-4H3;5,7,9-13,16,18H,6,8,14-15H2,1-4H3;2*(H,5,6,7);/t19-;18-;;;/m11.../s1. The van der Waals surface area contributed by atoms with E-state index in [0.717, 1.165) is 48.9 Å². The number of nitrogens with zero attached hydrogens (tertiary/aromatic N) is 8. The predicted octanol–water partition coefficient (Wildman–Crippen LogP) is 12.0. The number of amides is 2. The van der Waals surface area contributed by atoms with Crippen LogP contribution in [0.2, 0.25) is 0 Å². The van der Waals surface area contributed by atoms with Gasteiger partial charge in [-0.25, -0.2) is 23.9 Å². The summed E-state index contributed by atoms with van der Waals surface area (Å²) in [5.74, 6) is -0.488. The third-order valence-electron chi connectivity index (χ3n) is 11.6. The van der Waals surface area contributed by atoms with Crippen LogP contribution in [-0.2, 0) is 56.3 Å². The maximum atomic E-state index is 12.5. The molecular weight excluding hydrogens is 1200 g/mol. The first-order chi connectivity index (χ1) is 38.0. The summed E-state index contributed by atoms with van der Waals surface area (Å²) in [5, 5.41) is 9.13. The van der Waals surface area contributed by atoms with Crippen LogP contribution in [0.3, 0.4) is 0 Å². The van der Waals surface area contributed by atoms with E-state index < -0.39 is 54.4 Å². The molecular formula is C52H60CuF6N8O14S2. The van der Waals surface area contributed by atoms with Gasteiger partial charge in [-0.15, -0.1) is 0 Å². The average Bonchev–Trinajstić information content (AvgIpc) is 4.01. The number of ether oxygens (including phenoxy) is 4. The molecule has 2 saturated heterocycles. The largest absolute Gasteiger partial charge is 0.522 e. The second-order valence-corrected chi connectivity index (χ2v) is 22.9. The summed E-state index contributed by atoms with van der Waals surface area (Å²) in [6.07, 6.45) is 6.84. The number of hydrogen-bond donors (Lipinski definition) is 2. The van der Waals surface area contributed by atoms with E-state index in [0.29, 0.717) is 42.0 Å². The molecule has 3 heterocycles. The van der Waals surface area contributed by atoms with Crippen molar-refractivity contribution in [3.63, 3.8) is 0 Å². The Morgan fingerprint density at radius 3 is 1.52 bits per heavy atom. The molecule has 4 aromatic carbocycles. The van der Waals surface area contributed by atoms with Gasteiger partial charge in [0.1, 0.15) is 16.7 Å². The molecule has 2 atom stereocenters. The number of aromatic nitrogens is 2. The molecule has 7 rings (SSSR count). The molecule has 457 valence electrons. The van der Waals surface area contributed by atoms with Crippen LogP contribution >= 0.6 is 0 Å². The Kier molecular flexibility index (Phi) is 24.7. The number of methoxy groups -OCH3 is 2. The number of piperidine rings is 2. The monoisotopic (exact) mass is 1260 g/mol. The number of carbonyl (C=O) groups is 4. The third-order valence-corrected chi connectivity index (χ3v) is 12.8. The van der Waals surface area contributed by atoms with Gasteiger partial charge in [-0.05, 0) is 120 Å². The van der Waals surface area contributed by atoms with Crippen LogP contribution in [0.25, 0.3) is 27.0 Å². The van der Waals surface area contributed by atoms with Gasteiger partial charge in [0.05, 0.1) is 42.4 Å². The van der Waals surface area contributed by atoms with Crippen molar-refractivity contribution in [3.8, 4) is 5.69 Å². The third kappa shape index (κ3) is 21.1. The van der Waals surface area contributed by atoms with Crippen LogP contribution in [0.15, 0.2) is 101 Å². The fourth-order valence-corrected chi connectivity index (χ4v) is 7.91. The molecule has 22 nitrogen and oxygen atoms in total. The summed E-state index contributed by atoms with van der Waals surface area (Å²) in [7, 11) is -9.05. The van der Waals surface area contributed by atoms with Gasteiger partial charge in [0, 0.05) is 83.4 Å². The van der Waals surface area contributed by atoms with Crippen LogP contribution < -0.4 is 0 Å². The number of aliphatic imine (C=N–C) groups is 1. The van der Waals surface area contributed by atoms with Crippen molar-refractivity contribution in [1.29, 1.82) is 0 Å². The first-order valence-corrected chi connectivity index (χ1v) is 27.5. The summed E-state index contributed by atoms with van der Waals surface area (Å²) < 4.78 is 138. The molecule has 0 spiro atoms. The summed E-state index contributed by atoms with van der Waals surface area (Å²) in [6.45, 7) is 14.0. The first kappa shape index (κ1) is 70.0. The van der Waals surface area contributed by atoms with E-state index >= 15 is 0 Å². The zero-order chi connectivity index (χ0) is 61.6. The quantitative estimate of drug-likeness (QED) is 0.0139. The number of rotatable bonds is 8. The van der Waals surface area contributed by atoms with Gasteiger partial charge in [-0.2, -0.15) is 48.3 Å². The number of esters is 2. The normalized spacial score (nSPS) is 15.8. The molecule has 0 unspecified atom stereocenters. The van der Waals surface area contributed by atoms with E-state index in [1.165, 1.54) is 25.8 Å². The molecule has 1 radical (unpaired) electrons. The summed E-state index contributed by atoms with van der Waals surface area (Å²) >= 11 is 0. The number of hydrogen-bond acceptors (Lipinski definition) is 15. The van der Waals surface area contributed by atoms with Crippen molar-refractivity contribution in [1.82, 2.24) is 19.6 Å². The maximum Gasteiger partial charge on any atom is 0.522 e. The molecule has 5 aromatic rings. The minimum absolute atomic E-state index is 0. The van der Waals surface area contributed by atoms with Gasteiger partial charge in [-0.3, -0.25) is 14.1 Å². The SMILES string of the molecule is COC(=O)c1cccc(C=Nc2ccc([C@@H]3CCCN(C(=O)OC(C)(C)C)C3)cc2)c1N=[N+]=[N-].COC(=O)c1cccc2cn(-c3ccc([C@@H]4CCCN(C(=O)OC(C)(C)C)C4)cc3)nc12.O=S(=O)(O)C(F)(F)F.O=S(=O)(O)C(F)(F)F.[Cu]. The van der Waals surface area contributed by atoms with Crippen molar-refractivity contribution in [3.05, 3.63) is 129 Å². The van der Waals surface area contributed by atoms with Gasteiger partial charge in [-0.1, -0.05) is 53.6 Å². The van der Waals surface area contributed by atoms with Gasteiger partial charge in [0.15, 0.2) is 0 Å². The van der Waals surface area contributed by atoms with Crippen molar-refractivity contribution in [2.24, 2.45) is 10.1 Å². The number of fused-ring (bicyclic) bond motifs is 1. The minimum Gasteiger partial charge on any atom is -0.465 e. The van der Waals surface area contributed by atoms with Crippen molar-refractivity contribution >= 4 is 72.9 Å². The van der Waals surface area contributed by atoms with Gasteiger partial charge in [0.25, 0.3) is 0 Å². The Morgan fingerprint density at radius 1 is 0.675 bits per heavy atom. The molecule has 0 saturated carbocycles. The van der Waals surface area contributed by atoms with Crippen molar-refractivity contribution < 1.29 is 107 Å². The summed E-state index contributed by atoms with van der Waals surface area (Å²) in [6, 6.07) is 26.4. The van der Waals surface area contributed by atoms with E-state index in [2.05, 4.69) is 32.2 Å². The van der Waals surface area contributed by atoms with Gasteiger partial charge >= 0.3 is 55.4 Å². The van der Waals surface area contributed by atoms with Crippen LogP contribution in [0.5, 0.6) is 0 Å². The number of likely N-dealkylation sites (tertiary alicyclic amines) is 2. The van der Waals surface area contributed by atoms with Crippen molar-refractivity contribution in [2.45, 2.75) is 101 Å². The molecule has 83 heavy (non-hydrogen) atoms. The van der Waals surface area contributed by atoms with Crippen LogP contribution in [0, 0.1) is 0 Å². The molecule has 1 aromatic heterocycles. The first-order valence-electron chi connectivity index (χ1n) is 24.6. The molecule has 2 amide bonds. The van der Waals surface area contributed by atoms with E-state index in [4.69, 9.17) is 50.4 Å². The van der Waals surface area contributed by atoms with E-state index in [-0.39, 0.29) is 52.3 Å². The van der Waals surface area contributed by atoms with Crippen LogP contribution in [-0.4, -0.2) is 138 Å². The number of benzene rings is 4. The van der Waals surface area contributed by atoms with Gasteiger partial charge < -0.3 is 28.7 Å². The minimum atomic E-state index is -5.84. The molecule has 31 heteroatoms. The second-order valence-electron chi connectivity index (χ2n) is 20.0. The maximum absolute atomic E-state index is 12.5. The number of halogens is 6. The topological polar surface area (TPSA) is 299 Å². The second kappa shape index (κ2) is 29.3. The molecule has 0 bridgehead atoms. The van der Waals surface area contributed by atoms with Crippen LogP contribution in [0.1, 0.15) is 116 Å². The molecule has 2 aliphatic rings. The fraction of sp³-hybridized carbons (Fsp3) is 0.423. The summed E-state index contributed by atoms with van der Waals surface area (Å²) in [4.78, 5) is 59.8. The smallest absolute Gasteiger partial charge is 0.465 e. The zero-order valence-electron chi connectivity index (χ0n) is 45.8.